The lowest BCUT2D eigenvalue weighted by Gasteiger charge is -2.11. The molecule has 4 nitrogen and oxygen atoms in total. The molecule has 0 aliphatic rings. The topological polar surface area (TPSA) is 61.5 Å². The number of benzene rings is 2. The van der Waals surface area contributed by atoms with E-state index in [9.17, 15) is 4.79 Å². The normalized spacial score (nSPS) is 11.1. The van der Waals surface area contributed by atoms with E-state index in [0.717, 1.165) is 17.1 Å². The molecule has 1 atom stereocenters. The molecule has 2 N–H and O–H groups in total. The summed E-state index contributed by atoms with van der Waals surface area (Å²) in [5.74, 6) is 1.19. The van der Waals surface area contributed by atoms with Crippen LogP contribution in [0.25, 0.3) is 0 Å². The molecule has 0 saturated carbocycles. The molecule has 0 unspecified atom stereocenters. The molecule has 5 heteroatoms. The van der Waals surface area contributed by atoms with Crippen molar-refractivity contribution in [1.29, 1.82) is 0 Å². The Labute approximate surface area is 130 Å². The van der Waals surface area contributed by atoms with Crippen LogP contribution < -0.4 is 10.5 Å². The summed E-state index contributed by atoms with van der Waals surface area (Å²) in [5, 5.41) is 0. The van der Waals surface area contributed by atoms with Gasteiger partial charge in [-0.3, -0.25) is 4.79 Å². The van der Waals surface area contributed by atoms with Gasteiger partial charge in [-0.25, -0.2) is 0 Å². The van der Waals surface area contributed by atoms with Crippen LogP contribution >= 0.6 is 12.4 Å². The molecule has 21 heavy (non-hydrogen) atoms. The highest BCUT2D eigenvalue weighted by atomic mass is 35.5. The van der Waals surface area contributed by atoms with Crippen LogP contribution in [0.15, 0.2) is 54.6 Å². The third-order valence-electron chi connectivity index (χ3n) is 2.90. The number of carbonyl (C=O) groups excluding carboxylic acids is 1. The summed E-state index contributed by atoms with van der Waals surface area (Å²) < 4.78 is 10.3. The summed E-state index contributed by atoms with van der Waals surface area (Å²) in [6, 6.07) is 16.5. The number of hydrogen-bond donors (Lipinski definition) is 1. The molecule has 2 aromatic rings. The number of para-hydroxylation sites is 1. The quantitative estimate of drug-likeness (QED) is 0.859. The molecule has 0 amide bonds. The molecule has 0 aromatic heterocycles. The van der Waals surface area contributed by atoms with Gasteiger partial charge in [0.1, 0.15) is 11.5 Å². The van der Waals surface area contributed by atoms with Crippen LogP contribution in [0.3, 0.4) is 0 Å². The summed E-state index contributed by atoms with van der Waals surface area (Å²) >= 11 is 0. The summed E-state index contributed by atoms with van der Waals surface area (Å²) in [4.78, 5) is 11.2. The van der Waals surface area contributed by atoms with E-state index in [1.807, 2.05) is 54.6 Å². The SMILES string of the molecule is COC(=O)C[C@H](N)c1ccc(Oc2ccccc2)cc1.Cl. The maximum absolute atomic E-state index is 11.2. The van der Waals surface area contributed by atoms with Crippen molar-refractivity contribution >= 4 is 18.4 Å². The number of nitrogens with two attached hydrogens (primary N) is 1. The predicted molar refractivity (Wildman–Crippen MR) is 83.8 cm³/mol. The monoisotopic (exact) mass is 307 g/mol. The minimum atomic E-state index is -0.367. The largest absolute Gasteiger partial charge is 0.469 e. The van der Waals surface area contributed by atoms with Crippen molar-refractivity contribution in [3.05, 3.63) is 60.2 Å². The van der Waals surface area contributed by atoms with Crippen molar-refractivity contribution in [3.8, 4) is 11.5 Å². The number of rotatable bonds is 5. The summed E-state index contributed by atoms with van der Waals surface area (Å²) in [6.07, 6.45) is 0.162. The average molecular weight is 308 g/mol. The highest BCUT2D eigenvalue weighted by Crippen LogP contribution is 2.23. The Kier molecular flexibility index (Phi) is 6.72. The van der Waals surface area contributed by atoms with Gasteiger partial charge < -0.3 is 15.2 Å². The van der Waals surface area contributed by atoms with Crippen LogP contribution in [-0.2, 0) is 9.53 Å². The van der Waals surface area contributed by atoms with Crippen molar-refractivity contribution in [2.45, 2.75) is 12.5 Å². The van der Waals surface area contributed by atoms with Gasteiger partial charge in [0.05, 0.1) is 13.5 Å². The van der Waals surface area contributed by atoms with E-state index in [1.165, 1.54) is 7.11 Å². The lowest BCUT2D eigenvalue weighted by atomic mass is 10.0. The maximum atomic E-state index is 11.2. The van der Waals surface area contributed by atoms with Gasteiger partial charge in [-0.15, -0.1) is 12.4 Å². The van der Waals surface area contributed by atoms with Crippen LogP contribution in [-0.4, -0.2) is 13.1 Å². The number of hydrogen-bond acceptors (Lipinski definition) is 4. The van der Waals surface area contributed by atoms with Crippen molar-refractivity contribution in [2.24, 2.45) is 5.73 Å². The van der Waals surface area contributed by atoms with Crippen LogP contribution in [0, 0.1) is 0 Å². The standard InChI is InChI=1S/C16H17NO3.ClH/c1-19-16(18)11-15(17)12-7-9-14(10-8-12)20-13-5-3-2-4-6-13;/h2-10,15H,11,17H2,1H3;1H/t15-;/m0./s1. The molecule has 0 radical (unpaired) electrons. The molecule has 2 rings (SSSR count). The van der Waals surface area contributed by atoms with E-state index in [1.54, 1.807) is 0 Å². The number of esters is 1. The Balaban J connectivity index is 0.00000220. The predicted octanol–water partition coefficient (Wildman–Crippen LogP) is 3.46. The smallest absolute Gasteiger partial charge is 0.307 e. The number of methoxy groups -OCH3 is 1. The van der Waals surface area contributed by atoms with Crippen LogP contribution in [0.5, 0.6) is 11.5 Å². The summed E-state index contributed by atoms with van der Waals surface area (Å²) in [5.41, 5.74) is 6.80. The second-order valence-electron chi connectivity index (χ2n) is 4.37. The van der Waals surface area contributed by atoms with Gasteiger partial charge in [-0.1, -0.05) is 30.3 Å². The Bertz CT molecular complexity index is 557. The van der Waals surface area contributed by atoms with Crippen molar-refractivity contribution < 1.29 is 14.3 Å². The van der Waals surface area contributed by atoms with Gasteiger partial charge >= 0.3 is 5.97 Å². The van der Waals surface area contributed by atoms with Crippen molar-refractivity contribution in [2.75, 3.05) is 7.11 Å². The fraction of sp³-hybridized carbons (Fsp3) is 0.188. The zero-order valence-electron chi connectivity index (χ0n) is 11.7. The van der Waals surface area contributed by atoms with E-state index in [-0.39, 0.29) is 30.8 Å². The molecule has 112 valence electrons. The Hall–Kier alpha value is -2.04. The van der Waals surface area contributed by atoms with E-state index < -0.39 is 0 Å². The fourth-order valence-electron chi connectivity index (χ4n) is 1.79. The number of ether oxygens (including phenoxy) is 2. The van der Waals surface area contributed by atoms with Crippen molar-refractivity contribution in [3.63, 3.8) is 0 Å². The number of halogens is 1. The van der Waals surface area contributed by atoms with Crippen molar-refractivity contribution in [1.82, 2.24) is 0 Å². The third-order valence-corrected chi connectivity index (χ3v) is 2.90. The molecule has 0 aliphatic heterocycles. The molecule has 0 spiro atoms. The third kappa shape index (κ3) is 5.10. The molecule has 0 heterocycles. The van der Waals surface area contributed by atoms with Gasteiger partial charge in [0.15, 0.2) is 0 Å². The first-order valence-corrected chi connectivity index (χ1v) is 6.34. The lowest BCUT2D eigenvalue weighted by Crippen LogP contribution is -2.16. The molecule has 0 saturated heterocycles. The Morgan fingerprint density at radius 1 is 1.05 bits per heavy atom. The second-order valence-corrected chi connectivity index (χ2v) is 4.37. The molecule has 0 bridgehead atoms. The molecule has 0 aliphatic carbocycles. The van der Waals surface area contributed by atoms with Gasteiger partial charge in [0, 0.05) is 6.04 Å². The van der Waals surface area contributed by atoms with Gasteiger partial charge in [0.2, 0.25) is 0 Å². The highest BCUT2D eigenvalue weighted by molar-refractivity contribution is 5.85. The summed E-state index contributed by atoms with van der Waals surface area (Å²) in [7, 11) is 1.35. The lowest BCUT2D eigenvalue weighted by molar-refractivity contribution is -0.141. The minimum Gasteiger partial charge on any atom is -0.469 e. The molecular formula is C16H18ClNO3. The first kappa shape index (κ1) is 17.0. The maximum Gasteiger partial charge on any atom is 0.307 e. The van der Waals surface area contributed by atoms with Crippen LogP contribution in [0.1, 0.15) is 18.0 Å². The van der Waals surface area contributed by atoms with Crippen LogP contribution in [0.2, 0.25) is 0 Å². The first-order valence-electron chi connectivity index (χ1n) is 6.34. The van der Waals surface area contributed by atoms with Gasteiger partial charge in [-0.2, -0.15) is 0 Å². The molecular weight excluding hydrogens is 290 g/mol. The fourth-order valence-corrected chi connectivity index (χ4v) is 1.79. The van der Waals surface area contributed by atoms with E-state index in [0.29, 0.717) is 0 Å². The van der Waals surface area contributed by atoms with Crippen LogP contribution in [0.4, 0.5) is 0 Å². The first-order chi connectivity index (χ1) is 9.69. The van der Waals surface area contributed by atoms with E-state index >= 15 is 0 Å². The highest BCUT2D eigenvalue weighted by Gasteiger charge is 2.11. The zero-order valence-corrected chi connectivity index (χ0v) is 12.5. The second kappa shape index (κ2) is 8.29. The Morgan fingerprint density at radius 2 is 1.62 bits per heavy atom. The number of carbonyl (C=O) groups is 1. The van der Waals surface area contributed by atoms with E-state index in [2.05, 4.69) is 4.74 Å². The summed E-state index contributed by atoms with van der Waals surface area (Å²) in [6.45, 7) is 0. The average Bonchev–Trinajstić information content (AvgIpc) is 2.49. The Morgan fingerprint density at radius 3 is 2.19 bits per heavy atom. The minimum absolute atomic E-state index is 0. The molecule has 2 aromatic carbocycles. The zero-order chi connectivity index (χ0) is 14.4. The van der Waals surface area contributed by atoms with Gasteiger partial charge in [0.25, 0.3) is 0 Å². The van der Waals surface area contributed by atoms with Gasteiger partial charge in [-0.05, 0) is 29.8 Å². The molecule has 0 fully saturated rings. The van der Waals surface area contributed by atoms with E-state index in [4.69, 9.17) is 10.5 Å².